The van der Waals surface area contributed by atoms with Crippen LogP contribution in [0.25, 0.3) is 0 Å². The second-order valence-corrected chi connectivity index (χ2v) is 6.15. The topological polar surface area (TPSA) is 32.3 Å². The molecule has 1 amide bonds. The Morgan fingerprint density at radius 2 is 2.04 bits per heavy atom. The molecule has 3 rings (SSSR count). The van der Waals surface area contributed by atoms with Crippen LogP contribution in [0.2, 0.25) is 5.02 Å². The lowest BCUT2D eigenvalue weighted by molar-refractivity contribution is -0.117. The Labute approximate surface area is 140 Å². The van der Waals surface area contributed by atoms with Gasteiger partial charge in [-0.2, -0.15) is 0 Å². The fourth-order valence-electron chi connectivity index (χ4n) is 3.03. The van der Waals surface area contributed by atoms with Gasteiger partial charge in [0.15, 0.2) is 0 Å². The van der Waals surface area contributed by atoms with Crippen LogP contribution >= 0.6 is 11.6 Å². The molecule has 1 aliphatic rings. The number of rotatable bonds is 4. The zero-order valence-corrected chi connectivity index (χ0v) is 13.4. The van der Waals surface area contributed by atoms with E-state index in [1.807, 2.05) is 18.2 Å². The molecule has 1 atom stereocenters. The average molecular weight is 333 g/mol. The van der Waals surface area contributed by atoms with Gasteiger partial charge in [0.2, 0.25) is 5.91 Å². The lowest BCUT2D eigenvalue weighted by Crippen LogP contribution is -2.33. The normalized spacial score (nSPS) is 18.1. The predicted molar refractivity (Wildman–Crippen MR) is 90.0 cm³/mol. The number of hydrogen-bond acceptors (Lipinski definition) is 2. The molecule has 1 heterocycles. The first kappa shape index (κ1) is 16.0. The van der Waals surface area contributed by atoms with E-state index >= 15 is 0 Å². The van der Waals surface area contributed by atoms with Crippen LogP contribution in [0.1, 0.15) is 24.4 Å². The van der Waals surface area contributed by atoms with Crippen LogP contribution in [0, 0.1) is 5.82 Å². The van der Waals surface area contributed by atoms with E-state index in [9.17, 15) is 9.18 Å². The molecule has 2 aromatic carbocycles. The van der Waals surface area contributed by atoms with Crippen molar-refractivity contribution in [3.05, 3.63) is 64.9 Å². The van der Waals surface area contributed by atoms with E-state index < -0.39 is 5.82 Å². The van der Waals surface area contributed by atoms with Gasteiger partial charge in [0, 0.05) is 11.1 Å². The number of likely N-dealkylation sites (tertiary alicyclic amines) is 1. The standard InChI is InChI=1S/C18H18ClFN2O/c19-14-8-9-16(15(20)11-14)21-18(23)12-22-10-4-7-17(22)13-5-2-1-3-6-13/h1-3,5-6,8-9,11,17H,4,7,10,12H2,(H,21,23). The van der Waals surface area contributed by atoms with Gasteiger partial charge in [0.25, 0.3) is 0 Å². The van der Waals surface area contributed by atoms with E-state index in [2.05, 4.69) is 22.3 Å². The van der Waals surface area contributed by atoms with Crippen LogP contribution in [0.5, 0.6) is 0 Å². The van der Waals surface area contributed by atoms with Crippen molar-refractivity contribution in [3.8, 4) is 0 Å². The van der Waals surface area contributed by atoms with Crippen molar-refractivity contribution in [2.45, 2.75) is 18.9 Å². The van der Waals surface area contributed by atoms with E-state index in [1.54, 1.807) is 6.07 Å². The monoisotopic (exact) mass is 332 g/mol. The fourth-order valence-corrected chi connectivity index (χ4v) is 3.19. The van der Waals surface area contributed by atoms with Crippen LogP contribution in [0.15, 0.2) is 48.5 Å². The van der Waals surface area contributed by atoms with Gasteiger partial charge >= 0.3 is 0 Å². The Kier molecular flexibility index (Phi) is 4.94. The van der Waals surface area contributed by atoms with Crippen molar-refractivity contribution in [2.24, 2.45) is 0 Å². The molecule has 1 fully saturated rings. The molecule has 3 nitrogen and oxygen atoms in total. The number of nitrogens with zero attached hydrogens (tertiary/aromatic N) is 1. The molecule has 1 N–H and O–H groups in total. The maximum absolute atomic E-state index is 13.8. The zero-order valence-electron chi connectivity index (χ0n) is 12.6. The second-order valence-electron chi connectivity index (χ2n) is 5.71. The molecule has 0 aromatic heterocycles. The summed E-state index contributed by atoms with van der Waals surface area (Å²) in [6, 6.07) is 14.6. The molecule has 0 aliphatic carbocycles. The molecular weight excluding hydrogens is 315 g/mol. The third-order valence-corrected chi connectivity index (χ3v) is 4.34. The first-order chi connectivity index (χ1) is 11.1. The fraction of sp³-hybridized carbons (Fsp3) is 0.278. The third-order valence-electron chi connectivity index (χ3n) is 4.10. The lowest BCUT2D eigenvalue weighted by atomic mass is 10.0. The summed E-state index contributed by atoms with van der Waals surface area (Å²) in [5, 5.41) is 2.93. The molecule has 0 spiro atoms. The van der Waals surface area contributed by atoms with Crippen molar-refractivity contribution in [1.82, 2.24) is 4.90 Å². The summed E-state index contributed by atoms with van der Waals surface area (Å²) < 4.78 is 13.8. The van der Waals surface area contributed by atoms with Gasteiger partial charge in [0.05, 0.1) is 12.2 Å². The molecule has 1 unspecified atom stereocenters. The predicted octanol–water partition coefficient (Wildman–Crippen LogP) is 4.25. The summed E-state index contributed by atoms with van der Waals surface area (Å²) in [5.74, 6) is -0.735. The van der Waals surface area contributed by atoms with Gasteiger partial charge in [-0.05, 0) is 43.1 Å². The van der Waals surface area contributed by atoms with Crippen LogP contribution in [0.3, 0.4) is 0 Å². The van der Waals surface area contributed by atoms with Crippen LogP contribution in [0.4, 0.5) is 10.1 Å². The maximum Gasteiger partial charge on any atom is 0.238 e. The number of nitrogens with one attached hydrogen (secondary N) is 1. The van der Waals surface area contributed by atoms with Crippen molar-refractivity contribution in [3.63, 3.8) is 0 Å². The second kappa shape index (κ2) is 7.11. The van der Waals surface area contributed by atoms with Gasteiger partial charge in [-0.1, -0.05) is 41.9 Å². The highest BCUT2D eigenvalue weighted by molar-refractivity contribution is 6.30. The molecule has 5 heteroatoms. The summed E-state index contributed by atoms with van der Waals surface area (Å²) >= 11 is 5.72. The van der Waals surface area contributed by atoms with Crippen molar-refractivity contribution < 1.29 is 9.18 Å². The van der Waals surface area contributed by atoms with Gasteiger partial charge < -0.3 is 5.32 Å². The Bertz CT molecular complexity index is 693. The first-order valence-corrected chi connectivity index (χ1v) is 8.05. The first-order valence-electron chi connectivity index (χ1n) is 7.67. The molecule has 1 saturated heterocycles. The number of amides is 1. The highest BCUT2D eigenvalue weighted by Gasteiger charge is 2.27. The Hall–Kier alpha value is -1.91. The number of anilines is 1. The largest absolute Gasteiger partial charge is 0.322 e. The Morgan fingerprint density at radius 1 is 1.26 bits per heavy atom. The summed E-state index contributed by atoms with van der Waals surface area (Å²) in [6.07, 6.45) is 2.09. The lowest BCUT2D eigenvalue weighted by Gasteiger charge is -2.24. The van der Waals surface area contributed by atoms with E-state index in [1.165, 1.54) is 17.7 Å². The van der Waals surface area contributed by atoms with Crippen LogP contribution in [-0.2, 0) is 4.79 Å². The van der Waals surface area contributed by atoms with E-state index in [0.717, 1.165) is 19.4 Å². The number of benzene rings is 2. The molecule has 2 aromatic rings. The highest BCUT2D eigenvalue weighted by atomic mass is 35.5. The molecular formula is C18H18ClFN2O. The number of halogens is 2. The van der Waals surface area contributed by atoms with E-state index in [-0.39, 0.29) is 24.2 Å². The summed E-state index contributed by atoms with van der Waals surface area (Å²) in [5.41, 5.74) is 1.38. The van der Waals surface area contributed by atoms with Gasteiger partial charge in [0.1, 0.15) is 5.82 Å². The number of carbonyl (C=O) groups is 1. The van der Waals surface area contributed by atoms with Crippen LogP contribution < -0.4 is 5.32 Å². The quantitative estimate of drug-likeness (QED) is 0.907. The Morgan fingerprint density at radius 3 is 2.78 bits per heavy atom. The van der Waals surface area contributed by atoms with E-state index in [0.29, 0.717) is 5.02 Å². The third kappa shape index (κ3) is 3.89. The molecule has 23 heavy (non-hydrogen) atoms. The summed E-state index contributed by atoms with van der Waals surface area (Å²) in [4.78, 5) is 14.4. The van der Waals surface area contributed by atoms with Crippen LogP contribution in [-0.4, -0.2) is 23.9 Å². The van der Waals surface area contributed by atoms with Gasteiger partial charge in [-0.3, -0.25) is 9.69 Å². The zero-order chi connectivity index (χ0) is 16.2. The van der Waals surface area contributed by atoms with Gasteiger partial charge in [-0.25, -0.2) is 4.39 Å². The molecule has 0 radical (unpaired) electrons. The number of hydrogen-bond donors (Lipinski definition) is 1. The van der Waals surface area contributed by atoms with Gasteiger partial charge in [-0.15, -0.1) is 0 Å². The molecule has 1 aliphatic heterocycles. The minimum Gasteiger partial charge on any atom is -0.322 e. The molecule has 0 saturated carbocycles. The smallest absolute Gasteiger partial charge is 0.238 e. The average Bonchev–Trinajstić information content (AvgIpc) is 2.99. The minimum atomic E-state index is -0.521. The van der Waals surface area contributed by atoms with Crippen molar-refractivity contribution >= 4 is 23.2 Å². The molecule has 0 bridgehead atoms. The van der Waals surface area contributed by atoms with Crippen molar-refractivity contribution in [1.29, 1.82) is 0 Å². The molecule has 120 valence electrons. The number of carbonyl (C=O) groups excluding carboxylic acids is 1. The summed E-state index contributed by atoms with van der Waals surface area (Å²) in [6.45, 7) is 1.12. The van der Waals surface area contributed by atoms with E-state index in [4.69, 9.17) is 11.6 Å². The summed E-state index contributed by atoms with van der Waals surface area (Å²) in [7, 11) is 0. The highest BCUT2D eigenvalue weighted by Crippen LogP contribution is 2.31. The Balaban J connectivity index is 1.65. The SMILES string of the molecule is O=C(CN1CCCC1c1ccccc1)Nc1ccc(Cl)cc1F. The maximum atomic E-state index is 13.8. The van der Waals surface area contributed by atoms with Crippen molar-refractivity contribution in [2.75, 3.05) is 18.4 Å². The minimum absolute atomic E-state index is 0.162.